The first-order valence-electron chi connectivity index (χ1n) is 7.49. The average Bonchev–Trinajstić information content (AvgIpc) is 2.25. The van der Waals surface area contributed by atoms with Crippen molar-refractivity contribution in [2.45, 2.75) is 86.0 Å². The van der Waals surface area contributed by atoms with Gasteiger partial charge >= 0.3 is 29.0 Å². The molecule has 1 atom stereocenters. The average molecular weight is 283 g/mol. The first kappa shape index (κ1) is 21.5. The van der Waals surface area contributed by atoms with Crippen molar-refractivity contribution < 1.29 is 9.90 Å². The molecular weight excluding hydrogens is 248 g/mol. The first-order valence-corrected chi connectivity index (χ1v) is 7.49. The third-order valence-corrected chi connectivity index (χ3v) is 4.41. The molecule has 1 N–H and O–H groups in total. The fourth-order valence-corrected chi connectivity index (χ4v) is 2.24. The highest BCUT2D eigenvalue weighted by molar-refractivity contribution is 5.75. The summed E-state index contributed by atoms with van der Waals surface area (Å²) in [5.41, 5.74) is -0.780. The standard InChI is InChI=1S/C16H32O2.Mg.2H/c1-6-7-8-9-10-11-12-13-16(5,14(17)18)15(2,3)4;;;/h6-13H2,1-5H3,(H,17,18);;;. The van der Waals surface area contributed by atoms with Crippen molar-refractivity contribution in [3.05, 3.63) is 0 Å². The van der Waals surface area contributed by atoms with E-state index in [4.69, 9.17) is 0 Å². The summed E-state index contributed by atoms with van der Waals surface area (Å²) < 4.78 is 0. The molecule has 19 heavy (non-hydrogen) atoms. The molecule has 112 valence electrons. The number of rotatable bonds is 9. The summed E-state index contributed by atoms with van der Waals surface area (Å²) in [6.45, 7) is 10.2. The maximum Gasteiger partial charge on any atom is 0.316 e. The van der Waals surface area contributed by atoms with Crippen LogP contribution in [0.3, 0.4) is 0 Å². The van der Waals surface area contributed by atoms with Gasteiger partial charge in [-0.3, -0.25) is 4.79 Å². The second-order valence-electron chi connectivity index (χ2n) is 6.76. The number of aliphatic carboxylic acids is 1. The molecule has 2 nitrogen and oxygen atoms in total. The predicted octanol–water partition coefficient (Wildman–Crippen LogP) is 4.35. The maximum atomic E-state index is 11.5. The van der Waals surface area contributed by atoms with Gasteiger partial charge in [0.05, 0.1) is 5.41 Å². The number of carboxylic acid groups (broad SMARTS) is 1. The number of carboxylic acids is 1. The molecular formula is C16H34MgO2. The Kier molecular flexibility index (Phi) is 11.4. The molecule has 0 aromatic heterocycles. The Morgan fingerprint density at radius 2 is 1.32 bits per heavy atom. The van der Waals surface area contributed by atoms with Gasteiger partial charge in [0.25, 0.3) is 0 Å². The van der Waals surface area contributed by atoms with Gasteiger partial charge in [-0.25, -0.2) is 0 Å². The summed E-state index contributed by atoms with van der Waals surface area (Å²) in [5, 5.41) is 9.44. The van der Waals surface area contributed by atoms with Crippen molar-refractivity contribution in [1.82, 2.24) is 0 Å². The van der Waals surface area contributed by atoms with Gasteiger partial charge in [-0.2, -0.15) is 0 Å². The van der Waals surface area contributed by atoms with E-state index in [1.807, 2.05) is 27.7 Å². The second-order valence-corrected chi connectivity index (χ2v) is 6.76. The summed E-state index contributed by atoms with van der Waals surface area (Å²) >= 11 is 0. The van der Waals surface area contributed by atoms with E-state index in [0.29, 0.717) is 0 Å². The minimum atomic E-state index is -0.652. The van der Waals surface area contributed by atoms with Crippen LogP contribution in [0.25, 0.3) is 0 Å². The van der Waals surface area contributed by atoms with Crippen LogP contribution in [0, 0.1) is 10.8 Å². The van der Waals surface area contributed by atoms with Gasteiger partial charge in [0.1, 0.15) is 0 Å². The number of carbonyl (C=O) groups is 1. The minimum Gasteiger partial charge on any atom is -0.481 e. The molecule has 0 radical (unpaired) electrons. The molecule has 0 heterocycles. The van der Waals surface area contributed by atoms with E-state index in [1.165, 1.54) is 38.5 Å². The molecule has 0 aromatic carbocycles. The Morgan fingerprint density at radius 3 is 1.68 bits per heavy atom. The van der Waals surface area contributed by atoms with Gasteiger partial charge < -0.3 is 5.11 Å². The van der Waals surface area contributed by atoms with Crippen LogP contribution >= 0.6 is 0 Å². The molecule has 3 heteroatoms. The van der Waals surface area contributed by atoms with Crippen LogP contribution in [-0.2, 0) is 4.79 Å². The molecule has 0 spiro atoms. The van der Waals surface area contributed by atoms with Crippen LogP contribution in [0.4, 0.5) is 0 Å². The maximum absolute atomic E-state index is 11.5. The van der Waals surface area contributed by atoms with Gasteiger partial charge in [-0.05, 0) is 18.8 Å². The zero-order valence-corrected chi connectivity index (χ0v) is 13.0. The van der Waals surface area contributed by atoms with Gasteiger partial charge in [0, 0.05) is 0 Å². The van der Waals surface area contributed by atoms with Gasteiger partial charge in [0.2, 0.25) is 0 Å². The Morgan fingerprint density at radius 1 is 0.895 bits per heavy atom. The normalized spacial score (nSPS) is 14.6. The molecule has 0 fully saturated rings. The lowest BCUT2D eigenvalue weighted by atomic mass is 9.65. The summed E-state index contributed by atoms with van der Waals surface area (Å²) in [5.74, 6) is -0.652. The fraction of sp³-hybridized carbons (Fsp3) is 0.938. The SMILES string of the molecule is CCCCCCCCCC(C)(C(=O)O)C(C)(C)C.[MgH2]. The molecule has 0 amide bonds. The summed E-state index contributed by atoms with van der Waals surface area (Å²) in [6.07, 6.45) is 9.48. The third-order valence-electron chi connectivity index (χ3n) is 4.41. The molecule has 0 saturated heterocycles. The molecule has 0 aliphatic carbocycles. The van der Waals surface area contributed by atoms with E-state index in [0.717, 1.165) is 12.8 Å². The first-order chi connectivity index (χ1) is 8.25. The van der Waals surface area contributed by atoms with Crippen LogP contribution in [0.2, 0.25) is 0 Å². The third kappa shape index (κ3) is 7.55. The van der Waals surface area contributed by atoms with Gasteiger partial charge in [-0.1, -0.05) is 72.6 Å². The summed E-state index contributed by atoms with van der Waals surface area (Å²) in [4.78, 5) is 11.5. The Hall–Kier alpha value is 0.236. The quantitative estimate of drug-likeness (QED) is 0.504. The second kappa shape index (κ2) is 10.0. The molecule has 0 aromatic rings. The smallest absolute Gasteiger partial charge is 0.316 e. The Balaban J connectivity index is 0. The van der Waals surface area contributed by atoms with Crippen molar-refractivity contribution >= 4 is 29.0 Å². The molecule has 0 rings (SSSR count). The van der Waals surface area contributed by atoms with Crippen molar-refractivity contribution in [2.75, 3.05) is 0 Å². The highest BCUT2D eigenvalue weighted by Gasteiger charge is 2.43. The van der Waals surface area contributed by atoms with E-state index in [-0.39, 0.29) is 28.5 Å². The van der Waals surface area contributed by atoms with Crippen LogP contribution in [-0.4, -0.2) is 34.1 Å². The number of hydrogen-bond acceptors (Lipinski definition) is 1. The molecule has 0 aliphatic heterocycles. The highest BCUT2D eigenvalue weighted by atomic mass is 24.3. The van der Waals surface area contributed by atoms with Crippen molar-refractivity contribution in [2.24, 2.45) is 10.8 Å². The van der Waals surface area contributed by atoms with Crippen LogP contribution in [0.1, 0.15) is 86.0 Å². The van der Waals surface area contributed by atoms with Crippen molar-refractivity contribution in [1.29, 1.82) is 0 Å². The van der Waals surface area contributed by atoms with E-state index in [9.17, 15) is 9.90 Å². The predicted molar refractivity (Wildman–Crippen MR) is 86.4 cm³/mol. The van der Waals surface area contributed by atoms with Gasteiger partial charge in [0.15, 0.2) is 0 Å². The molecule has 0 bridgehead atoms. The lowest BCUT2D eigenvalue weighted by Crippen LogP contribution is -2.40. The fourth-order valence-electron chi connectivity index (χ4n) is 2.24. The van der Waals surface area contributed by atoms with Crippen molar-refractivity contribution in [3.63, 3.8) is 0 Å². The summed E-state index contributed by atoms with van der Waals surface area (Å²) in [7, 11) is 0. The van der Waals surface area contributed by atoms with Gasteiger partial charge in [-0.15, -0.1) is 0 Å². The molecule has 1 unspecified atom stereocenters. The Labute approximate surface area is 135 Å². The highest BCUT2D eigenvalue weighted by Crippen LogP contribution is 2.42. The lowest BCUT2D eigenvalue weighted by molar-refractivity contribution is -0.155. The lowest BCUT2D eigenvalue weighted by Gasteiger charge is -2.38. The van der Waals surface area contributed by atoms with Crippen molar-refractivity contribution in [3.8, 4) is 0 Å². The van der Waals surface area contributed by atoms with Crippen LogP contribution in [0.15, 0.2) is 0 Å². The number of unbranched alkanes of at least 4 members (excludes halogenated alkanes) is 6. The zero-order chi connectivity index (χ0) is 14.2. The minimum absolute atomic E-state index is 0. The Bertz CT molecular complexity index is 246. The monoisotopic (exact) mass is 282 g/mol. The van der Waals surface area contributed by atoms with Crippen LogP contribution < -0.4 is 0 Å². The van der Waals surface area contributed by atoms with E-state index < -0.39 is 11.4 Å². The summed E-state index contributed by atoms with van der Waals surface area (Å²) in [6, 6.07) is 0. The molecule has 0 aliphatic rings. The van der Waals surface area contributed by atoms with E-state index >= 15 is 0 Å². The van der Waals surface area contributed by atoms with E-state index in [2.05, 4.69) is 6.92 Å². The largest absolute Gasteiger partial charge is 0.481 e. The van der Waals surface area contributed by atoms with E-state index in [1.54, 1.807) is 0 Å². The van der Waals surface area contributed by atoms with Crippen LogP contribution in [0.5, 0.6) is 0 Å². The topological polar surface area (TPSA) is 37.3 Å². The zero-order valence-electron chi connectivity index (χ0n) is 13.0. The molecule has 0 saturated carbocycles. The number of hydrogen-bond donors (Lipinski definition) is 1.